The Morgan fingerprint density at radius 1 is 0.862 bits per heavy atom. The van der Waals surface area contributed by atoms with Crippen molar-refractivity contribution in [2.75, 3.05) is 4.72 Å². The van der Waals surface area contributed by atoms with Crippen molar-refractivity contribution < 1.29 is 22.0 Å². The molecule has 1 unspecified atom stereocenters. The highest BCUT2D eigenvalue weighted by molar-refractivity contribution is 7.92. The lowest BCUT2D eigenvalue weighted by Gasteiger charge is -2.17. The fourth-order valence-electron chi connectivity index (χ4n) is 2.80. The standard InChI is InChI=1S/C21H18F2N2O3S/c1-14(15-8-3-2-4-9-15)24-21(26)16-10-5-6-13-19(16)25-29(27,28)20-17(22)11-7-12-18(20)23/h2-14,25H,1H3,(H,24,26). The maximum Gasteiger partial charge on any atom is 0.267 e. The molecular weight excluding hydrogens is 398 g/mol. The van der Waals surface area contributed by atoms with E-state index in [-0.39, 0.29) is 17.3 Å². The first-order valence-corrected chi connectivity index (χ1v) is 10.2. The molecule has 0 bridgehead atoms. The molecule has 0 aliphatic heterocycles. The van der Waals surface area contributed by atoms with Crippen LogP contribution in [-0.2, 0) is 10.0 Å². The Hall–Kier alpha value is -3.26. The number of nitrogens with one attached hydrogen (secondary N) is 2. The minimum atomic E-state index is -4.59. The number of para-hydroxylation sites is 1. The zero-order valence-electron chi connectivity index (χ0n) is 15.4. The molecule has 0 aliphatic rings. The van der Waals surface area contributed by atoms with Gasteiger partial charge in [0.2, 0.25) is 0 Å². The van der Waals surface area contributed by atoms with Crippen molar-refractivity contribution in [3.05, 3.63) is 95.6 Å². The number of sulfonamides is 1. The summed E-state index contributed by atoms with van der Waals surface area (Å²) < 4.78 is 55.0. The van der Waals surface area contributed by atoms with Crippen molar-refractivity contribution in [3.63, 3.8) is 0 Å². The predicted molar refractivity (Wildman–Crippen MR) is 106 cm³/mol. The van der Waals surface area contributed by atoms with Crippen LogP contribution < -0.4 is 10.0 Å². The van der Waals surface area contributed by atoms with Crippen LogP contribution >= 0.6 is 0 Å². The highest BCUT2D eigenvalue weighted by Gasteiger charge is 2.25. The summed E-state index contributed by atoms with van der Waals surface area (Å²) in [4.78, 5) is 11.6. The molecule has 0 aromatic heterocycles. The largest absolute Gasteiger partial charge is 0.345 e. The van der Waals surface area contributed by atoms with Gasteiger partial charge in [0.05, 0.1) is 17.3 Å². The number of rotatable bonds is 6. The molecule has 0 saturated heterocycles. The number of anilines is 1. The predicted octanol–water partition coefficient (Wildman–Crippen LogP) is 4.26. The molecule has 2 N–H and O–H groups in total. The van der Waals surface area contributed by atoms with Crippen molar-refractivity contribution in [3.8, 4) is 0 Å². The number of hydrogen-bond acceptors (Lipinski definition) is 3. The van der Waals surface area contributed by atoms with Gasteiger partial charge in [-0.25, -0.2) is 17.2 Å². The maximum atomic E-state index is 13.9. The first kappa shape index (κ1) is 20.5. The second-order valence-corrected chi connectivity index (χ2v) is 7.93. The van der Waals surface area contributed by atoms with Gasteiger partial charge >= 0.3 is 0 Å². The summed E-state index contributed by atoms with van der Waals surface area (Å²) in [6.07, 6.45) is 0. The summed E-state index contributed by atoms with van der Waals surface area (Å²) in [6.45, 7) is 1.79. The molecular formula is C21H18F2N2O3S. The quantitative estimate of drug-likeness (QED) is 0.631. The van der Waals surface area contributed by atoms with Gasteiger partial charge in [-0.15, -0.1) is 0 Å². The van der Waals surface area contributed by atoms with E-state index in [1.165, 1.54) is 18.2 Å². The van der Waals surface area contributed by atoms with Gasteiger partial charge < -0.3 is 5.32 Å². The first-order chi connectivity index (χ1) is 13.8. The third-order valence-corrected chi connectivity index (χ3v) is 5.67. The molecule has 0 aliphatic carbocycles. The topological polar surface area (TPSA) is 75.3 Å². The monoisotopic (exact) mass is 416 g/mol. The summed E-state index contributed by atoms with van der Waals surface area (Å²) >= 11 is 0. The molecule has 150 valence electrons. The molecule has 1 atom stereocenters. The summed E-state index contributed by atoms with van der Waals surface area (Å²) in [6, 6.07) is 17.5. The van der Waals surface area contributed by atoms with Crippen LogP contribution in [0.1, 0.15) is 28.9 Å². The third-order valence-electron chi connectivity index (χ3n) is 4.25. The fourth-order valence-corrected chi connectivity index (χ4v) is 4.02. The van der Waals surface area contributed by atoms with E-state index >= 15 is 0 Å². The number of halogens is 2. The van der Waals surface area contributed by atoms with Crippen LogP contribution in [0.2, 0.25) is 0 Å². The zero-order chi connectivity index (χ0) is 21.0. The minimum Gasteiger partial charge on any atom is -0.345 e. The average molecular weight is 416 g/mol. The highest BCUT2D eigenvalue weighted by atomic mass is 32.2. The van der Waals surface area contributed by atoms with Crippen LogP contribution in [0.15, 0.2) is 77.7 Å². The van der Waals surface area contributed by atoms with E-state index in [1.807, 2.05) is 30.3 Å². The van der Waals surface area contributed by atoms with E-state index in [4.69, 9.17) is 0 Å². The van der Waals surface area contributed by atoms with Gasteiger partial charge in [0.1, 0.15) is 11.6 Å². The Morgan fingerprint density at radius 3 is 2.10 bits per heavy atom. The summed E-state index contributed by atoms with van der Waals surface area (Å²) in [5, 5.41) is 2.78. The van der Waals surface area contributed by atoms with Gasteiger partial charge in [0.25, 0.3) is 15.9 Å². The van der Waals surface area contributed by atoms with Crippen LogP contribution in [-0.4, -0.2) is 14.3 Å². The molecule has 0 fully saturated rings. The van der Waals surface area contributed by atoms with Crippen LogP contribution in [0.5, 0.6) is 0 Å². The van der Waals surface area contributed by atoms with E-state index < -0.39 is 32.5 Å². The van der Waals surface area contributed by atoms with Crippen molar-refractivity contribution in [2.24, 2.45) is 0 Å². The summed E-state index contributed by atoms with van der Waals surface area (Å²) in [5.41, 5.74) is 0.802. The lowest BCUT2D eigenvalue weighted by molar-refractivity contribution is 0.0941. The van der Waals surface area contributed by atoms with Crippen molar-refractivity contribution >= 4 is 21.6 Å². The van der Waals surface area contributed by atoms with Crippen LogP contribution in [0.3, 0.4) is 0 Å². The van der Waals surface area contributed by atoms with Crippen molar-refractivity contribution in [1.29, 1.82) is 0 Å². The molecule has 0 heterocycles. The van der Waals surface area contributed by atoms with Gasteiger partial charge in [-0.05, 0) is 36.8 Å². The van der Waals surface area contributed by atoms with Gasteiger partial charge in [0, 0.05) is 0 Å². The van der Waals surface area contributed by atoms with Crippen LogP contribution in [0, 0.1) is 11.6 Å². The van der Waals surface area contributed by atoms with Gasteiger partial charge in [-0.3, -0.25) is 9.52 Å². The Morgan fingerprint density at radius 2 is 1.45 bits per heavy atom. The van der Waals surface area contributed by atoms with E-state index in [1.54, 1.807) is 13.0 Å². The van der Waals surface area contributed by atoms with Crippen LogP contribution in [0.25, 0.3) is 0 Å². The molecule has 29 heavy (non-hydrogen) atoms. The molecule has 0 radical (unpaired) electrons. The fraction of sp³-hybridized carbons (Fsp3) is 0.0952. The van der Waals surface area contributed by atoms with E-state index in [9.17, 15) is 22.0 Å². The third kappa shape index (κ3) is 4.60. The Bertz CT molecular complexity index is 1120. The van der Waals surface area contributed by atoms with Gasteiger partial charge in [-0.2, -0.15) is 0 Å². The second kappa shape index (κ2) is 8.40. The molecule has 0 spiro atoms. The van der Waals surface area contributed by atoms with Crippen molar-refractivity contribution in [2.45, 2.75) is 17.9 Å². The van der Waals surface area contributed by atoms with Crippen molar-refractivity contribution in [1.82, 2.24) is 5.32 Å². The normalized spacial score (nSPS) is 12.2. The van der Waals surface area contributed by atoms with E-state index in [0.717, 1.165) is 23.8 Å². The van der Waals surface area contributed by atoms with Gasteiger partial charge in [-0.1, -0.05) is 48.5 Å². The molecule has 1 amide bonds. The molecule has 3 rings (SSSR count). The summed E-state index contributed by atoms with van der Waals surface area (Å²) in [7, 11) is -4.59. The smallest absolute Gasteiger partial charge is 0.267 e. The molecule has 5 nitrogen and oxygen atoms in total. The number of amides is 1. The van der Waals surface area contributed by atoms with Crippen LogP contribution in [0.4, 0.5) is 14.5 Å². The molecule has 3 aromatic rings. The second-order valence-electron chi connectivity index (χ2n) is 6.31. The summed E-state index contributed by atoms with van der Waals surface area (Å²) in [5.74, 6) is -2.98. The Labute approximate surface area is 167 Å². The number of hydrogen-bond donors (Lipinski definition) is 2. The highest BCUT2D eigenvalue weighted by Crippen LogP contribution is 2.24. The number of carbonyl (C=O) groups excluding carboxylic acids is 1. The first-order valence-electron chi connectivity index (χ1n) is 8.71. The Kier molecular flexibility index (Phi) is 5.93. The maximum absolute atomic E-state index is 13.9. The number of carbonyl (C=O) groups is 1. The average Bonchev–Trinajstić information content (AvgIpc) is 2.68. The molecule has 3 aromatic carbocycles. The zero-order valence-corrected chi connectivity index (χ0v) is 16.2. The van der Waals surface area contributed by atoms with E-state index in [2.05, 4.69) is 10.0 Å². The SMILES string of the molecule is CC(NC(=O)c1ccccc1NS(=O)(=O)c1c(F)cccc1F)c1ccccc1. The molecule has 0 saturated carbocycles. The minimum absolute atomic E-state index is 0.0237. The lowest BCUT2D eigenvalue weighted by atomic mass is 10.1. The molecule has 8 heteroatoms. The number of benzene rings is 3. The lowest BCUT2D eigenvalue weighted by Crippen LogP contribution is -2.28. The Balaban J connectivity index is 1.88. The van der Waals surface area contributed by atoms with E-state index in [0.29, 0.717) is 0 Å². The van der Waals surface area contributed by atoms with Gasteiger partial charge in [0.15, 0.2) is 4.90 Å².